The Morgan fingerprint density at radius 3 is 2.67 bits per heavy atom. The average Bonchev–Trinajstić information content (AvgIpc) is 3.24. The van der Waals surface area contributed by atoms with E-state index in [0.29, 0.717) is 41.7 Å². The lowest BCUT2D eigenvalue weighted by molar-refractivity contribution is -0.145. The molecule has 0 bridgehead atoms. The molecule has 1 aliphatic heterocycles. The Morgan fingerprint density at radius 1 is 1.12 bits per heavy atom. The minimum atomic E-state index is -0.896. The highest BCUT2D eigenvalue weighted by Gasteiger charge is 2.29. The Bertz CT molecular complexity index is 1430. The molecule has 0 saturated carbocycles. The maximum absolute atomic E-state index is 12.9. The fourth-order valence-electron chi connectivity index (χ4n) is 4.62. The van der Waals surface area contributed by atoms with Crippen molar-refractivity contribution in [3.05, 3.63) is 70.3 Å². The summed E-state index contributed by atoms with van der Waals surface area (Å²) in [6, 6.07) is 13.5. The highest BCUT2D eigenvalue weighted by molar-refractivity contribution is 6.02. The topological polar surface area (TPSA) is 101 Å². The van der Waals surface area contributed by atoms with E-state index in [1.54, 1.807) is 12.3 Å². The molecule has 33 heavy (non-hydrogen) atoms. The largest absolute Gasteiger partial charge is 0.481 e. The molecule has 7 heteroatoms. The van der Waals surface area contributed by atoms with E-state index in [1.165, 1.54) is 4.90 Å². The molecule has 2 aromatic heterocycles. The zero-order chi connectivity index (χ0) is 23.1. The van der Waals surface area contributed by atoms with Crippen molar-refractivity contribution >= 4 is 33.8 Å². The second kappa shape index (κ2) is 8.24. The molecule has 1 amide bonds. The molecule has 2 aromatic carbocycles. The van der Waals surface area contributed by atoms with Gasteiger partial charge in [-0.3, -0.25) is 9.59 Å². The molecule has 1 N–H and O–H groups in total. The summed E-state index contributed by atoms with van der Waals surface area (Å²) in [5.74, 6) is -1.72. The highest BCUT2D eigenvalue weighted by atomic mass is 16.4. The first-order chi connectivity index (χ1) is 15.9. The Balaban J connectivity index is 1.53. The number of hydrogen-bond acceptors (Lipinski definition) is 5. The SMILES string of the molecule is Cc1c(CC(=O)N2CCCC(C(=O)O)C2)c(=O)oc2cc3occ(-c4ccccc4)c3cc12. The van der Waals surface area contributed by atoms with Gasteiger partial charge in [-0.25, -0.2) is 4.79 Å². The summed E-state index contributed by atoms with van der Waals surface area (Å²) in [5, 5.41) is 10.9. The summed E-state index contributed by atoms with van der Waals surface area (Å²) >= 11 is 0. The van der Waals surface area contributed by atoms with E-state index in [4.69, 9.17) is 8.83 Å². The van der Waals surface area contributed by atoms with Gasteiger partial charge in [0.25, 0.3) is 0 Å². The third kappa shape index (κ3) is 3.80. The second-order valence-corrected chi connectivity index (χ2v) is 8.55. The summed E-state index contributed by atoms with van der Waals surface area (Å²) in [6.45, 7) is 2.48. The molecule has 0 aliphatic carbocycles. The lowest BCUT2D eigenvalue weighted by atomic mass is 9.96. The van der Waals surface area contributed by atoms with Gasteiger partial charge in [-0.05, 0) is 37.0 Å². The van der Waals surface area contributed by atoms with Gasteiger partial charge in [0.15, 0.2) is 0 Å². The monoisotopic (exact) mass is 445 g/mol. The van der Waals surface area contributed by atoms with Crippen LogP contribution in [0.4, 0.5) is 0 Å². The zero-order valence-electron chi connectivity index (χ0n) is 18.2. The van der Waals surface area contributed by atoms with Crippen LogP contribution in [0, 0.1) is 12.8 Å². The Labute approximate surface area is 189 Å². The number of piperidine rings is 1. The molecule has 0 spiro atoms. The summed E-state index contributed by atoms with van der Waals surface area (Å²) in [6.07, 6.45) is 2.76. The van der Waals surface area contributed by atoms with Gasteiger partial charge in [-0.1, -0.05) is 30.3 Å². The van der Waals surface area contributed by atoms with E-state index < -0.39 is 17.5 Å². The molecule has 1 saturated heterocycles. The van der Waals surface area contributed by atoms with Gasteiger partial charge in [0.1, 0.15) is 11.2 Å². The maximum Gasteiger partial charge on any atom is 0.340 e. The summed E-state index contributed by atoms with van der Waals surface area (Å²) < 4.78 is 11.3. The van der Waals surface area contributed by atoms with Crippen LogP contribution in [-0.4, -0.2) is 35.0 Å². The zero-order valence-corrected chi connectivity index (χ0v) is 18.2. The first-order valence-electron chi connectivity index (χ1n) is 11.0. The normalized spacial score (nSPS) is 16.4. The molecular formula is C26H23NO6. The number of aliphatic carboxylic acids is 1. The standard InChI is InChI=1S/C26H23NO6/c1-15-18-10-20-21(16-6-3-2-4-7-16)14-32-22(20)12-23(18)33-26(31)19(15)11-24(28)27-9-5-8-17(13-27)25(29)30/h2-4,6-7,10,12,14,17H,5,8-9,11,13H2,1H3,(H,29,30). The molecule has 1 unspecified atom stereocenters. The van der Waals surface area contributed by atoms with Crippen LogP contribution in [0.3, 0.4) is 0 Å². The molecule has 0 radical (unpaired) electrons. The fraction of sp³-hybridized carbons (Fsp3) is 0.269. The van der Waals surface area contributed by atoms with Crippen molar-refractivity contribution in [2.75, 3.05) is 13.1 Å². The third-order valence-electron chi connectivity index (χ3n) is 6.52. The van der Waals surface area contributed by atoms with Gasteiger partial charge in [0, 0.05) is 35.5 Å². The first kappa shape index (κ1) is 21.0. The number of hydrogen-bond donors (Lipinski definition) is 1. The van der Waals surface area contributed by atoms with E-state index in [2.05, 4.69) is 0 Å². The molecule has 7 nitrogen and oxygen atoms in total. The van der Waals surface area contributed by atoms with Crippen LogP contribution in [0.1, 0.15) is 24.0 Å². The second-order valence-electron chi connectivity index (χ2n) is 8.55. The predicted molar refractivity (Wildman–Crippen MR) is 123 cm³/mol. The Hall–Kier alpha value is -3.87. The quantitative estimate of drug-likeness (QED) is 0.468. The Morgan fingerprint density at radius 2 is 1.91 bits per heavy atom. The number of carbonyl (C=O) groups excluding carboxylic acids is 1. The number of carboxylic acids is 1. The minimum absolute atomic E-state index is 0.120. The number of aryl methyl sites for hydroxylation is 1. The molecule has 1 atom stereocenters. The smallest absolute Gasteiger partial charge is 0.340 e. The van der Waals surface area contributed by atoms with Crippen LogP contribution in [0.25, 0.3) is 33.1 Å². The van der Waals surface area contributed by atoms with Gasteiger partial charge in [-0.15, -0.1) is 0 Å². The number of rotatable bonds is 4. The van der Waals surface area contributed by atoms with E-state index in [9.17, 15) is 19.5 Å². The minimum Gasteiger partial charge on any atom is -0.481 e. The van der Waals surface area contributed by atoms with Crippen LogP contribution in [-0.2, 0) is 16.0 Å². The molecule has 1 fully saturated rings. The fourth-order valence-corrected chi connectivity index (χ4v) is 4.62. The van der Waals surface area contributed by atoms with Gasteiger partial charge in [0.05, 0.1) is 24.2 Å². The molecule has 1 aliphatic rings. The van der Waals surface area contributed by atoms with E-state index in [-0.39, 0.29) is 18.9 Å². The number of carboxylic acid groups (broad SMARTS) is 1. The lowest BCUT2D eigenvalue weighted by Gasteiger charge is -2.30. The van der Waals surface area contributed by atoms with Crippen LogP contribution in [0.5, 0.6) is 0 Å². The Kier molecular flexibility index (Phi) is 5.24. The van der Waals surface area contributed by atoms with Gasteiger partial charge in [-0.2, -0.15) is 0 Å². The van der Waals surface area contributed by atoms with Crippen molar-refractivity contribution in [3.63, 3.8) is 0 Å². The molecular weight excluding hydrogens is 422 g/mol. The predicted octanol–water partition coefficient (Wildman–Crippen LogP) is 4.38. The van der Waals surface area contributed by atoms with Crippen molar-refractivity contribution in [2.24, 2.45) is 5.92 Å². The number of likely N-dealkylation sites (tertiary alicyclic amines) is 1. The average molecular weight is 445 g/mol. The van der Waals surface area contributed by atoms with Crippen molar-refractivity contribution in [1.29, 1.82) is 0 Å². The summed E-state index contributed by atoms with van der Waals surface area (Å²) in [7, 11) is 0. The number of nitrogens with zero attached hydrogens (tertiary/aromatic N) is 1. The highest BCUT2D eigenvalue weighted by Crippen LogP contribution is 2.34. The molecule has 3 heterocycles. The first-order valence-corrected chi connectivity index (χ1v) is 11.0. The number of benzene rings is 2. The summed E-state index contributed by atoms with van der Waals surface area (Å²) in [5.41, 5.74) is 3.38. The van der Waals surface area contributed by atoms with Crippen LogP contribution < -0.4 is 5.63 Å². The van der Waals surface area contributed by atoms with Crippen molar-refractivity contribution < 1.29 is 23.5 Å². The summed E-state index contributed by atoms with van der Waals surface area (Å²) in [4.78, 5) is 38.5. The van der Waals surface area contributed by atoms with Gasteiger partial charge < -0.3 is 18.8 Å². The van der Waals surface area contributed by atoms with Gasteiger partial charge in [0.2, 0.25) is 5.91 Å². The van der Waals surface area contributed by atoms with Crippen LogP contribution in [0.15, 0.2) is 62.4 Å². The van der Waals surface area contributed by atoms with E-state index in [0.717, 1.165) is 21.9 Å². The maximum atomic E-state index is 12.9. The number of fused-ring (bicyclic) bond motifs is 2. The number of carbonyl (C=O) groups is 2. The van der Waals surface area contributed by atoms with Crippen molar-refractivity contribution in [3.8, 4) is 11.1 Å². The molecule has 5 rings (SSSR count). The van der Waals surface area contributed by atoms with Crippen LogP contribution >= 0.6 is 0 Å². The number of furan rings is 1. The lowest BCUT2D eigenvalue weighted by Crippen LogP contribution is -2.43. The number of amides is 1. The van der Waals surface area contributed by atoms with Crippen LogP contribution in [0.2, 0.25) is 0 Å². The van der Waals surface area contributed by atoms with Crippen molar-refractivity contribution in [2.45, 2.75) is 26.2 Å². The van der Waals surface area contributed by atoms with E-state index >= 15 is 0 Å². The molecule has 4 aromatic rings. The van der Waals surface area contributed by atoms with Crippen molar-refractivity contribution in [1.82, 2.24) is 4.90 Å². The third-order valence-corrected chi connectivity index (χ3v) is 6.52. The molecule has 168 valence electrons. The van der Waals surface area contributed by atoms with E-state index in [1.807, 2.05) is 43.3 Å². The van der Waals surface area contributed by atoms with Gasteiger partial charge >= 0.3 is 11.6 Å².